The Morgan fingerprint density at radius 1 is 0.905 bits per heavy atom. The van der Waals surface area contributed by atoms with Crippen LogP contribution in [0.3, 0.4) is 0 Å². The van der Waals surface area contributed by atoms with Gasteiger partial charge in [-0.2, -0.15) is 26.3 Å². The zero-order chi connectivity index (χ0) is 15.8. The SMILES string of the molecule is Nc1cc(C(F)(F)F)c(-c2cccc(C(F)(F)F)c2)cn1. The molecule has 0 aliphatic carbocycles. The Balaban J connectivity index is 2.63. The summed E-state index contributed by atoms with van der Waals surface area (Å²) < 4.78 is 76.7. The van der Waals surface area contributed by atoms with Crippen LogP contribution in [-0.2, 0) is 12.4 Å². The zero-order valence-corrected chi connectivity index (χ0v) is 10.3. The number of hydrogen-bond acceptors (Lipinski definition) is 2. The fourth-order valence-electron chi connectivity index (χ4n) is 1.80. The molecule has 0 radical (unpaired) electrons. The van der Waals surface area contributed by atoms with Crippen molar-refractivity contribution in [2.24, 2.45) is 0 Å². The Bertz CT molecular complexity index is 660. The molecule has 0 fully saturated rings. The van der Waals surface area contributed by atoms with Gasteiger partial charge >= 0.3 is 12.4 Å². The van der Waals surface area contributed by atoms with Gasteiger partial charge in [-0.1, -0.05) is 12.1 Å². The molecule has 8 heteroatoms. The standard InChI is InChI=1S/C13H8F6N2/c14-12(15,16)8-3-1-2-7(4-8)9-6-21-11(20)5-10(9)13(17,18)19/h1-6H,(H2,20,21). The molecule has 0 atom stereocenters. The summed E-state index contributed by atoms with van der Waals surface area (Å²) >= 11 is 0. The Morgan fingerprint density at radius 3 is 2.14 bits per heavy atom. The molecule has 0 spiro atoms. The van der Waals surface area contributed by atoms with Gasteiger partial charge in [0.2, 0.25) is 0 Å². The van der Waals surface area contributed by atoms with Crippen LogP contribution in [0.15, 0.2) is 36.5 Å². The lowest BCUT2D eigenvalue weighted by atomic mass is 9.99. The van der Waals surface area contributed by atoms with Crippen LogP contribution < -0.4 is 5.73 Å². The van der Waals surface area contributed by atoms with Gasteiger partial charge in [0.15, 0.2) is 0 Å². The van der Waals surface area contributed by atoms with Crippen LogP contribution in [0.4, 0.5) is 32.2 Å². The maximum absolute atomic E-state index is 12.9. The van der Waals surface area contributed by atoms with Crippen molar-refractivity contribution in [2.45, 2.75) is 12.4 Å². The minimum Gasteiger partial charge on any atom is -0.384 e. The van der Waals surface area contributed by atoms with E-state index in [0.717, 1.165) is 24.4 Å². The fourth-order valence-corrected chi connectivity index (χ4v) is 1.80. The monoisotopic (exact) mass is 306 g/mol. The highest BCUT2D eigenvalue weighted by molar-refractivity contribution is 5.69. The quantitative estimate of drug-likeness (QED) is 0.795. The van der Waals surface area contributed by atoms with Gasteiger partial charge in [-0.15, -0.1) is 0 Å². The molecule has 112 valence electrons. The molecule has 1 aromatic heterocycles. The molecule has 1 aromatic carbocycles. The van der Waals surface area contributed by atoms with Crippen molar-refractivity contribution < 1.29 is 26.3 Å². The van der Waals surface area contributed by atoms with Crippen molar-refractivity contribution in [1.82, 2.24) is 4.98 Å². The second kappa shape index (κ2) is 4.94. The van der Waals surface area contributed by atoms with Crippen LogP contribution in [0, 0.1) is 0 Å². The fraction of sp³-hybridized carbons (Fsp3) is 0.154. The topological polar surface area (TPSA) is 38.9 Å². The molecule has 0 bridgehead atoms. The van der Waals surface area contributed by atoms with E-state index in [0.29, 0.717) is 12.1 Å². The first-order valence-electron chi connectivity index (χ1n) is 5.59. The highest BCUT2D eigenvalue weighted by Crippen LogP contribution is 2.39. The molecule has 2 N–H and O–H groups in total. The predicted octanol–water partition coefficient (Wildman–Crippen LogP) is 4.37. The smallest absolute Gasteiger partial charge is 0.384 e. The number of nitrogen functional groups attached to an aromatic ring is 1. The first-order valence-corrected chi connectivity index (χ1v) is 5.59. The van der Waals surface area contributed by atoms with E-state index in [9.17, 15) is 26.3 Å². The van der Waals surface area contributed by atoms with E-state index in [4.69, 9.17) is 5.73 Å². The third-order valence-corrected chi connectivity index (χ3v) is 2.73. The molecule has 2 aromatic rings. The molecule has 0 aliphatic heterocycles. The third kappa shape index (κ3) is 3.26. The lowest BCUT2D eigenvalue weighted by Crippen LogP contribution is -2.10. The van der Waals surface area contributed by atoms with Gasteiger partial charge in [-0.3, -0.25) is 0 Å². The van der Waals surface area contributed by atoms with E-state index in [2.05, 4.69) is 4.98 Å². The number of aromatic nitrogens is 1. The summed E-state index contributed by atoms with van der Waals surface area (Å²) in [5, 5.41) is 0. The summed E-state index contributed by atoms with van der Waals surface area (Å²) in [6.07, 6.45) is -8.58. The Hall–Kier alpha value is -2.25. The number of alkyl halides is 6. The first-order chi connectivity index (χ1) is 9.59. The average Bonchev–Trinajstić information content (AvgIpc) is 2.37. The summed E-state index contributed by atoms with van der Waals surface area (Å²) in [4.78, 5) is 3.52. The van der Waals surface area contributed by atoms with Gasteiger partial charge in [0.1, 0.15) is 5.82 Å². The van der Waals surface area contributed by atoms with Crippen molar-refractivity contribution in [2.75, 3.05) is 5.73 Å². The molecule has 1 heterocycles. The molecule has 0 unspecified atom stereocenters. The van der Waals surface area contributed by atoms with Crippen LogP contribution in [-0.4, -0.2) is 4.98 Å². The number of halogens is 6. The number of anilines is 1. The van der Waals surface area contributed by atoms with Crippen molar-refractivity contribution in [1.29, 1.82) is 0 Å². The Kier molecular flexibility index (Phi) is 3.56. The number of rotatable bonds is 1. The van der Waals surface area contributed by atoms with Gasteiger partial charge in [-0.25, -0.2) is 4.98 Å². The van der Waals surface area contributed by atoms with Crippen LogP contribution in [0.5, 0.6) is 0 Å². The maximum Gasteiger partial charge on any atom is 0.417 e. The first kappa shape index (κ1) is 15.1. The van der Waals surface area contributed by atoms with Gasteiger partial charge in [0, 0.05) is 11.8 Å². The third-order valence-electron chi connectivity index (χ3n) is 2.73. The van der Waals surface area contributed by atoms with E-state index in [1.807, 2.05) is 0 Å². The lowest BCUT2D eigenvalue weighted by Gasteiger charge is -2.14. The van der Waals surface area contributed by atoms with Crippen LogP contribution in [0.2, 0.25) is 0 Å². The largest absolute Gasteiger partial charge is 0.417 e. The van der Waals surface area contributed by atoms with Crippen LogP contribution in [0.25, 0.3) is 11.1 Å². The molecule has 21 heavy (non-hydrogen) atoms. The number of hydrogen-bond donors (Lipinski definition) is 1. The normalized spacial score (nSPS) is 12.5. The van der Waals surface area contributed by atoms with E-state index >= 15 is 0 Å². The second-order valence-electron chi connectivity index (χ2n) is 4.23. The van der Waals surface area contributed by atoms with Gasteiger partial charge in [0.05, 0.1) is 11.1 Å². The number of nitrogens with two attached hydrogens (primary N) is 1. The summed E-state index contributed by atoms with van der Waals surface area (Å²) in [5.74, 6) is -0.363. The van der Waals surface area contributed by atoms with E-state index in [-0.39, 0.29) is 11.4 Å². The Morgan fingerprint density at radius 2 is 1.57 bits per heavy atom. The Labute approximate surface area is 115 Å². The summed E-state index contributed by atoms with van der Waals surface area (Å²) in [6.45, 7) is 0. The van der Waals surface area contributed by atoms with Crippen molar-refractivity contribution in [3.05, 3.63) is 47.7 Å². The molecule has 0 amide bonds. The van der Waals surface area contributed by atoms with Crippen molar-refractivity contribution >= 4 is 5.82 Å². The van der Waals surface area contributed by atoms with Gasteiger partial charge in [-0.05, 0) is 23.8 Å². The molecular formula is C13H8F6N2. The zero-order valence-electron chi connectivity index (χ0n) is 10.3. The van der Waals surface area contributed by atoms with Gasteiger partial charge in [0.25, 0.3) is 0 Å². The summed E-state index contributed by atoms with van der Waals surface area (Å²) in [5.41, 5.74) is 2.36. The molecule has 0 saturated carbocycles. The van der Waals surface area contributed by atoms with E-state index in [1.165, 1.54) is 0 Å². The van der Waals surface area contributed by atoms with Crippen LogP contribution >= 0.6 is 0 Å². The predicted molar refractivity (Wildman–Crippen MR) is 64.1 cm³/mol. The number of benzene rings is 1. The molecular weight excluding hydrogens is 298 g/mol. The average molecular weight is 306 g/mol. The minimum absolute atomic E-state index is 0.232. The van der Waals surface area contributed by atoms with E-state index in [1.54, 1.807) is 0 Å². The summed E-state index contributed by atoms with van der Waals surface area (Å²) in [7, 11) is 0. The highest BCUT2D eigenvalue weighted by Gasteiger charge is 2.35. The van der Waals surface area contributed by atoms with Crippen LogP contribution in [0.1, 0.15) is 11.1 Å². The lowest BCUT2D eigenvalue weighted by molar-refractivity contribution is -0.137. The van der Waals surface area contributed by atoms with Crippen molar-refractivity contribution in [3.8, 4) is 11.1 Å². The molecule has 2 nitrogen and oxygen atoms in total. The highest BCUT2D eigenvalue weighted by atomic mass is 19.4. The van der Waals surface area contributed by atoms with Crippen molar-refractivity contribution in [3.63, 3.8) is 0 Å². The molecule has 2 rings (SSSR count). The number of pyridine rings is 1. The van der Waals surface area contributed by atoms with Gasteiger partial charge < -0.3 is 5.73 Å². The molecule has 0 aliphatic rings. The van der Waals surface area contributed by atoms with E-state index < -0.39 is 29.0 Å². The number of nitrogens with zero attached hydrogens (tertiary/aromatic N) is 1. The summed E-state index contributed by atoms with van der Waals surface area (Å²) in [6, 6.07) is 4.20. The maximum atomic E-state index is 12.9. The molecule has 0 saturated heterocycles. The second-order valence-corrected chi connectivity index (χ2v) is 4.23. The minimum atomic E-state index is -4.75.